The third-order valence-corrected chi connectivity index (χ3v) is 4.82. The van der Waals surface area contributed by atoms with Crippen LogP contribution in [0.4, 0.5) is 0 Å². The second-order valence-electron chi connectivity index (χ2n) is 6.25. The topological polar surface area (TPSA) is 29.3 Å². The molecule has 0 N–H and O–H groups in total. The molecular formula is C19H23NO2. The van der Waals surface area contributed by atoms with Crippen LogP contribution in [0, 0.1) is 17.8 Å². The van der Waals surface area contributed by atoms with Crippen molar-refractivity contribution in [3.05, 3.63) is 35.9 Å². The second-order valence-corrected chi connectivity index (χ2v) is 6.25. The van der Waals surface area contributed by atoms with Crippen molar-refractivity contribution < 1.29 is 9.53 Å². The third kappa shape index (κ3) is 3.51. The van der Waals surface area contributed by atoms with E-state index in [0.717, 1.165) is 12.5 Å². The van der Waals surface area contributed by atoms with Gasteiger partial charge in [0.05, 0.1) is 13.2 Å². The predicted molar refractivity (Wildman–Crippen MR) is 85.9 cm³/mol. The van der Waals surface area contributed by atoms with Gasteiger partial charge in [0.1, 0.15) is 0 Å². The van der Waals surface area contributed by atoms with E-state index in [0.29, 0.717) is 6.04 Å². The Hall–Kier alpha value is -1.79. The van der Waals surface area contributed by atoms with E-state index in [1.54, 1.807) is 0 Å². The lowest BCUT2D eigenvalue weighted by molar-refractivity contribution is -0.133. The molecule has 0 bridgehead atoms. The minimum atomic E-state index is -0.436. The maximum absolute atomic E-state index is 11.3. The van der Waals surface area contributed by atoms with Crippen LogP contribution in [0.5, 0.6) is 0 Å². The zero-order chi connectivity index (χ0) is 15.4. The van der Waals surface area contributed by atoms with Gasteiger partial charge < -0.3 is 4.74 Å². The molecule has 2 fully saturated rings. The molecule has 1 aromatic carbocycles. The summed E-state index contributed by atoms with van der Waals surface area (Å²) in [7, 11) is 1.38. The number of carbonyl (C=O) groups excluding carboxylic acids is 1. The molecule has 1 aliphatic carbocycles. The monoisotopic (exact) mass is 297 g/mol. The van der Waals surface area contributed by atoms with Crippen LogP contribution in [0.3, 0.4) is 0 Å². The summed E-state index contributed by atoms with van der Waals surface area (Å²) in [5.74, 6) is 6.05. The zero-order valence-electron chi connectivity index (χ0n) is 13.1. The lowest BCUT2D eigenvalue weighted by Crippen LogP contribution is -2.17. The third-order valence-electron chi connectivity index (χ3n) is 4.82. The fourth-order valence-electron chi connectivity index (χ4n) is 3.65. The van der Waals surface area contributed by atoms with Crippen LogP contribution < -0.4 is 0 Å². The van der Waals surface area contributed by atoms with E-state index < -0.39 is 5.97 Å². The average molecular weight is 297 g/mol. The van der Waals surface area contributed by atoms with Crippen LogP contribution in [-0.2, 0) is 16.1 Å². The number of esters is 1. The number of methoxy groups -OCH3 is 1. The van der Waals surface area contributed by atoms with Crippen molar-refractivity contribution in [3.8, 4) is 11.8 Å². The molecule has 0 radical (unpaired) electrons. The van der Waals surface area contributed by atoms with Gasteiger partial charge in [-0.25, -0.2) is 4.79 Å². The summed E-state index contributed by atoms with van der Waals surface area (Å²) in [5.41, 5.74) is 1.31. The maximum atomic E-state index is 11.3. The van der Waals surface area contributed by atoms with Crippen molar-refractivity contribution in [1.82, 2.24) is 4.90 Å². The Balaban J connectivity index is 1.69. The lowest BCUT2D eigenvalue weighted by atomic mass is 9.86. The number of carbonyl (C=O) groups is 1. The van der Waals surface area contributed by atoms with Crippen LogP contribution in [0.1, 0.15) is 37.7 Å². The molecule has 2 aliphatic rings. The van der Waals surface area contributed by atoms with E-state index in [9.17, 15) is 4.79 Å². The Morgan fingerprint density at radius 1 is 1.23 bits per heavy atom. The van der Waals surface area contributed by atoms with Gasteiger partial charge in [0, 0.05) is 18.5 Å². The highest BCUT2D eigenvalue weighted by atomic mass is 16.5. The molecule has 3 atom stereocenters. The molecule has 0 aromatic heterocycles. The maximum Gasteiger partial charge on any atom is 0.384 e. The fourth-order valence-corrected chi connectivity index (χ4v) is 3.65. The molecule has 0 amide bonds. The summed E-state index contributed by atoms with van der Waals surface area (Å²) in [6.07, 6.45) is 6.62. The van der Waals surface area contributed by atoms with Gasteiger partial charge in [-0.15, -0.1) is 0 Å². The number of rotatable bonds is 3. The quantitative estimate of drug-likeness (QED) is 0.372. The molecule has 1 saturated heterocycles. The molecule has 116 valence electrons. The second kappa shape index (κ2) is 6.98. The molecule has 1 unspecified atom stereocenters. The van der Waals surface area contributed by atoms with E-state index in [-0.39, 0.29) is 6.04 Å². The highest BCUT2D eigenvalue weighted by Crippen LogP contribution is 2.42. The van der Waals surface area contributed by atoms with Gasteiger partial charge in [-0.05, 0) is 24.3 Å². The summed E-state index contributed by atoms with van der Waals surface area (Å²) >= 11 is 0. The minimum Gasteiger partial charge on any atom is -0.459 e. The molecular weight excluding hydrogens is 274 g/mol. The Morgan fingerprint density at radius 2 is 1.95 bits per heavy atom. The van der Waals surface area contributed by atoms with Crippen LogP contribution in [0.25, 0.3) is 0 Å². The number of nitrogens with zero attached hydrogens (tertiary/aromatic N) is 1. The smallest absolute Gasteiger partial charge is 0.384 e. The predicted octanol–water partition coefficient (Wildman–Crippen LogP) is 3.00. The SMILES string of the molecule is COC(=O)C#C[C@@H]1[C@@H](C2CCCCC2)N1Cc1ccccc1. The van der Waals surface area contributed by atoms with Crippen molar-refractivity contribution in [2.45, 2.75) is 50.7 Å². The lowest BCUT2D eigenvalue weighted by Gasteiger charge is -2.21. The van der Waals surface area contributed by atoms with Crippen molar-refractivity contribution in [1.29, 1.82) is 0 Å². The number of ether oxygens (including phenoxy) is 1. The van der Waals surface area contributed by atoms with Gasteiger partial charge in [0.25, 0.3) is 0 Å². The summed E-state index contributed by atoms with van der Waals surface area (Å²) in [6, 6.07) is 11.2. The first-order valence-electron chi connectivity index (χ1n) is 8.19. The molecule has 0 spiro atoms. The summed E-state index contributed by atoms with van der Waals surface area (Å²) in [6.45, 7) is 0.919. The first kappa shape index (κ1) is 15.1. The Labute approximate surface area is 132 Å². The zero-order valence-corrected chi connectivity index (χ0v) is 13.1. The standard InChI is InChI=1S/C19H23NO2/c1-22-18(21)13-12-17-19(16-10-6-3-7-11-16)20(17)14-15-8-4-2-5-9-15/h2,4-5,8-9,16-17,19H,3,6-7,10-11,14H2,1H3/t17-,19-,20?/m1/s1. The van der Waals surface area contributed by atoms with E-state index >= 15 is 0 Å². The van der Waals surface area contributed by atoms with Gasteiger partial charge >= 0.3 is 5.97 Å². The molecule has 1 aliphatic heterocycles. The highest BCUT2D eigenvalue weighted by Gasteiger charge is 2.50. The van der Waals surface area contributed by atoms with Crippen molar-refractivity contribution >= 4 is 5.97 Å². The van der Waals surface area contributed by atoms with Gasteiger partial charge in [-0.3, -0.25) is 4.90 Å². The van der Waals surface area contributed by atoms with Gasteiger partial charge in [0.2, 0.25) is 0 Å². The van der Waals surface area contributed by atoms with Crippen molar-refractivity contribution in [2.24, 2.45) is 5.92 Å². The van der Waals surface area contributed by atoms with Crippen molar-refractivity contribution in [3.63, 3.8) is 0 Å². The van der Waals surface area contributed by atoms with Crippen LogP contribution in [-0.4, -0.2) is 30.1 Å². The number of hydrogen-bond acceptors (Lipinski definition) is 3. The number of hydrogen-bond donors (Lipinski definition) is 0. The summed E-state index contributed by atoms with van der Waals surface area (Å²) in [5, 5.41) is 0. The minimum absolute atomic E-state index is 0.211. The van der Waals surface area contributed by atoms with Crippen molar-refractivity contribution in [2.75, 3.05) is 7.11 Å². The Morgan fingerprint density at radius 3 is 2.64 bits per heavy atom. The van der Waals surface area contributed by atoms with E-state index in [2.05, 4.69) is 45.7 Å². The average Bonchev–Trinajstić information content (AvgIpc) is 3.26. The summed E-state index contributed by atoms with van der Waals surface area (Å²) in [4.78, 5) is 13.7. The Bertz CT molecular complexity index is 566. The van der Waals surface area contributed by atoms with E-state index in [1.165, 1.54) is 44.8 Å². The highest BCUT2D eigenvalue weighted by molar-refractivity contribution is 5.88. The molecule has 1 saturated carbocycles. The molecule has 1 aromatic rings. The van der Waals surface area contributed by atoms with Crippen LogP contribution in [0.15, 0.2) is 30.3 Å². The molecule has 3 rings (SSSR count). The van der Waals surface area contributed by atoms with Gasteiger partial charge in [0.15, 0.2) is 0 Å². The molecule has 22 heavy (non-hydrogen) atoms. The molecule has 3 heteroatoms. The first-order chi connectivity index (χ1) is 10.8. The van der Waals surface area contributed by atoms with E-state index in [1.807, 2.05) is 6.07 Å². The fraction of sp³-hybridized carbons (Fsp3) is 0.526. The Kier molecular flexibility index (Phi) is 4.80. The molecule has 3 nitrogen and oxygen atoms in total. The van der Waals surface area contributed by atoms with Gasteiger partial charge in [-0.1, -0.05) is 55.5 Å². The van der Waals surface area contributed by atoms with E-state index in [4.69, 9.17) is 0 Å². The first-order valence-corrected chi connectivity index (χ1v) is 8.19. The number of benzene rings is 1. The normalized spacial score (nSPS) is 27.6. The van der Waals surface area contributed by atoms with Gasteiger partial charge in [-0.2, -0.15) is 0 Å². The van der Waals surface area contributed by atoms with Crippen LogP contribution in [0.2, 0.25) is 0 Å². The summed E-state index contributed by atoms with van der Waals surface area (Å²) < 4.78 is 4.63. The largest absolute Gasteiger partial charge is 0.459 e. The molecule has 1 heterocycles. The van der Waals surface area contributed by atoms with Crippen LogP contribution >= 0.6 is 0 Å².